The van der Waals surface area contributed by atoms with Crippen molar-refractivity contribution in [2.24, 2.45) is 0 Å². The van der Waals surface area contributed by atoms with Gasteiger partial charge < -0.3 is 5.32 Å². The molecule has 0 radical (unpaired) electrons. The zero-order chi connectivity index (χ0) is 9.07. The molecule has 11 heavy (non-hydrogen) atoms. The molecule has 0 aliphatic carbocycles. The summed E-state index contributed by atoms with van der Waals surface area (Å²) in [7, 11) is 0. The molecule has 0 unspecified atom stereocenters. The maximum absolute atomic E-state index is 12.0. The van der Waals surface area contributed by atoms with Gasteiger partial charge in [0.05, 0.1) is 0 Å². The van der Waals surface area contributed by atoms with Crippen LogP contribution in [0.5, 0.6) is 0 Å². The van der Waals surface area contributed by atoms with E-state index < -0.39 is 12.2 Å². The summed E-state index contributed by atoms with van der Waals surface area (Å²) in [5.74, 6) is 0. The first-order valence-electron chi connectivity index (χ1n) is 3.70. The molecule has 0 aromatic heterocycles. The van der Waals surface area contributed by atoms with Gasteiger partial charge in [0.25, 0.3) is 0 Å². The van der Waals surface area contributed by atoms with Gasteiger partial charge in [-0.1, -0.05) is 20.8 Å². The molecule has 4 heteroatoms. The topological polar surface area (TPSA) is 12.0 Å². The Labute approximate surface area is 65.0 Å². The predicted octanol–water partition coefficient (Wildman–Crippen LogP) is 2.33. The first-order chi connectivity index (χ1) is 4.88. The minimum Gasteiger partial charge on any atom is -0.304 e. The quantitative estimate of drug-likeness (QED) is 0.683. The lowest BCUT2D eigenvalue weighted by atomic mass is 10.2. The number of halogens is 3. The summed E-state index contributed by atoms with van der Waals surface area (Å²) >= 11 is 0. The van der Waals surface area contributed by atoms with Gasteiger partial charge in [0.1, 0.15) is 6.04 Å². The molecule has 0 heterocycles. The third-order valence-corrected chi connectivity index (χ3v) is 1.34. The minimum atomic E-state index is -4.11. The van der Waals surface area contributed by atoms with Crippen LogP contribution in [0.4, 0.5) is 13.2 Å². The lowest BCUT2D eigenvalue weighted by Gasteiger charge is -2.22. The van der Waals surface area contributed by atoms with Gasteiger partial charge in [0.2, 0.25) is 0 Å². The zero-order valence-electron chi connectivity index (χ0n) is 7.00. The van der Waals surface area contributed by atoms with E-state index in [2.05, 4.69) is 5.32 Å². The van der Waals surface area contributed by atoms with Gasteiger partial charge in [-0.15, -0.1) is 0 Å². The van der Waals surface area contributed by atoms with E-state index in [-0.39, 0.29) is 12.5 Å². The largest absolute Gasteiger partial charge is 0.403 e. The van der Waals surface area contributed by atoms with E-state index in [1.165, 1.54) is 6.92 Å². The highest BCUT2D eigenvalue weighted by atomic mass is 19.4. The van der Waals surface area contributed by atoms with E-state index in [0.717, 1.165) is 0 Å². The van der Waals surface area contributed by atoms with E-state index in [1.807, 2.05) is 0 Å². The van der Waals surface area contributed by atoms with E-state index in [9.17, 15) is 13.2 Å². The Hall–Kier alpha value is -0.250. The number of hydrogen-bond acceptors (Lipinski definition) is 1. The molecule has 0 aliphatic rings. The third kappa shape index (κ3) is 4.24. The van der Waals surface area contributed by atoms with Gasteiger partial charge in [-0.25, -0.2) is 0 Å². The van der Waals surface area contributed by atoms with Crippen LogP contribution < -0.4 is 5.32 Å². The minimum absolute atomic E-state index is 0.0850. The Morgan fingerprint density at radius 2 is 1.73 bits per heavy atom. The summed E-state index contributed by atoms with van der Waals surface area (Å²) < 4.78 is 36.1. The molecule has 68 valence electrons. The molecule has 0 aromatic rings. The van der Waals surface area contributed by atoms with Crippen molar-refractivity contribution in [1.29, 1.82) is 0 Å². The van der Waals surface area contributed by atoms with Crippen LogP contribution in [0.1, 0.15) is 27.2 Å². The van der Waals surface area contributed by atoms with Crippen molar-refractivity contribution >= 4 is 0 Å². The van der Waals surface area contributed by atoms with Crippen LogP contribution in [0.3, 0.4) is 0 Å². The summed E-state index contributed by atoms with van der Waals surface area (Å²) in [5, 5.41) is 2.44. The maximum Gasteiger partial charge on any atom is 0.403 e. The smallest absolute Gasteiger partial charge is 0.304 e. The highest BCUT2D eigenvalue weighted by Gasteiger charge is 2.38. The van der Waals surface area contributed by atoms with E-state index >= 15 is 0 Å². The summed E-state index contributed by atoms with van der Waals surface area (Å²) in [5.41, 5.74) is 0. The highest BCUT2D eigenvalue weighted by Crippen LogP contribution is 2.22. The fourth-order valence-corrected chi connectivity index (χ4v) is 0.846. The molecule has 0 bridgehead atoms. The lowest BCUT2D eigenvalue weighted by molar-refractivity contribution is -0.157. The van der Waals surface area contributed by atoms with Gasteiger partial charge in [-0.3, -0.25) is 0 Å². The molecule has 1 atom stereocenters. The molecule has 1 nitrogen and oxygen atoms in total. The molecule has 0 aromatic carbocycles. The van der Waals surface area contributed by atoms with Crippen molar-refractivity contribution in [3.8, 4) is 0 Å². The van der Waals surface area contributed by atoms with Crippen LogP contribution in [0, 0.1) is 0 Å². The lowest BCUT2D eigenvalue weighted by Crippen LogP contribution is -2.44. The summed E-state index contributed by atoms with van der Waals surface area (Å²) in [6.45, 7) is 4.93. The summed E-state index contributed by atoms with van der Waals surface area (Å²) in [6.07, 6.45) is -4.03. The Kier molecular flexibility index (Phi) is 3.86. The number of nitrogens with one attached hydrogen (secondary N) is 1. The molecule has 0 rings (SSSR count). The van der Waals surface area contributed by atoms with Gasteiger partial charge >= 0.3 is 6.18 Å². The maximum atomic E-state index is 12.0. The third-order valence-electron chi connectivity index (χ3n) is 1.34. The normalized spacial score (nSPS) is 15.5. The highest BCUT2D eigenvalue weighted by molar-refractivity contribution is 4.74. The Morgan fingerprint density at radius 3 is 1.82 bits per heavy atom. The molecule has 0 aliphatic heterocycles. The second kappa shape index (κ2) is 3.95. The Bertz CT molecular complexity index is 109. The van der Waals surface area contributed by atoms with Gasteiger partial charge in [-0.05, 0) is 6.42 Å². The predicted molar refractivity (Wildman–Crippen MR) is 38.4 cm³/mol. The summed E-state index contributed by atoms with van der Waals surface area (Å²) in [4.78, 5) is 0. The molecule has 1 N–H and O–H groups in total. The van der Waals surface area contributed by atoms with Gasteiger partial charge in [0.15, 0.2) is 0 Å². The van der Waals surface area contributed by atoms with E-state index in [4.69, 9.17) is 0 Å². The van der Waals surface area contributed by atoms with Crippen molar-refractivity contribution in [3.05, 3.63) is 0 Å². The van der Waals surface area contributed by atoms with E-state index in [0.29, 0.717) is 0 Å². The number of alkyl halides is 3. The van der Waals surface area contributed by atoms with Crippen LogP contribution >= 0.6 is 0 Å². The Balaban J connectivity index is 3.96. The van der Waals surface area contributed by atoms with Crippen molar-refractivity contribution < 1.29 is 13.2 Å². The van der Waals surface area contributed by atoms with Crippen LogP contribution in [0.25, 0.3) is 0 Å². The SMILES string of the molecule is CC[C@@H](NC(C)C)C(F)(F)F. The monoisotopic (exact) mass is 169 g/mol. The van der Waals surface area contributed by atoms with Gasteiger partial charge in [-0.2, -0.15) is 13.2 Å². The second-order valence-electron chi connectivity index (χ2n) is 2.82. The van der Waals surface area contributed by atoms with E-state index in [1.54, 1.807) is 13.8 Å². The molecule has 0 fully saturated rings. The average Bonchev–Trinajstić information content (AvgIpc) is 1.79. The first kappa shape index (κ1) is 10.8. The number of rotatable bonds is 3. The second-order valence-corrected chi connectivity index (χ2v) is 2.82. The van der Waals surface area contributed by atoms with Crippen LogP contribution in [-0.2, 0) is 0 Å². The molecular weight excluding hydrogens is 155 g/mol. The van der Waals surface area contributed by atoms with Crippen molar-refractivity contribution in [2.75, 3.05) is 0 Å². The summed E-state index contributed by atoms with van der Waals surface area (Å²) in [6, 6.07) is -1.48. The van der Waals surface area contributed by atoms with Crippen molar-refractivity contribution in [1.82, 2.24) is 5.32 Å². The molecule has 0 amide bonds. The average molecular weight is 169 g/mol. The first-order valence-corrected chi connectivity index (χ1v) is 3.70. The fourth-order valence-electron chi connectivity index (χ4n) is 0.846. The van der Waals surface area contributed by atoms with Crippen molar-refractivity contribution in [3.63, 3.8) is 0 Å². The van der Waals surface area contributed by atoms with Gasteiger partial charge in [0, 0.05) is 6.04 Å². The molecule has 0 saturated carbocycles. The molecule has 0 saturated heterocycles. The van der Waals surface area contributed by atoms with Crippen LogP contribution in [-0.4, -0.2) is 18.3 Å². The molecule has 0 spiro atoms. The van der Waals surface area contributed by atoms with Crippen LogP contribution in [0.2, 0.25) is 0 Å². The molecular formula is C7H14F3N. The van der Waals surface area contributed by atoms with Crippen molar-refractivity contribution in [2.45, 2.75) is 45.5 Å². The zero-order valence-corrected chi connectivity index (χ0v) is 7.00. The van der Waals surface area contributed by atoms with Crippen LogP contribution in [0.15, 0.2) is 0 Å². The standard InChI is InChI=1S/C7H14F3N/c1-4-6(7(8,9)10)11-5(2)3/h5-6,11H,4H2,1-3H3/t6-/m1/s1. The Morgan fingerprint density at radius 1 is 1.27 bits per heavy atom. The fraction of sp³-hybridized carbons (Fsp3) is 1.00. The number of hydrogen-bond donors (Lipinski definition) is 1.